The summed E-state index contributed by atoms with van der Waals surface area (Å²) in [5.74, 6) is -0.303. The van der Waals surface area contributed by atoms with Crippen molar-refractivity contribution in [3.05, 3.63) is 101 Å². The number of ether oxygens (including phenoxy) is 1. The number of fused-ring (bicyclic) bond motifs is 1. The zero-order chi connectivity index (χ0) is 23.7. The topological polar surface area (TPSA) is 87.1 Å². The number of para-hydroxylation sites is 1. The molecule has 2 aliphatic heterocycles. The number of carbonyl (C=O) groups is 1. The molecule has 0 aromatic heterocycles. The molecular formula is C24H18F3N5O2. The molecule has 2 aliphatic rings. The molecule has 10 heteroatoms. The quantitative estimate of drug-likeness (QED) is 0.549. The van der Waals surface area contributed by atoms with Crippen LogP contribution in [0.15, 0.2) is 89.0 Å². The fourth-order valence-electron chi connectivity index (χ4n) is 3.63. The van der Waals surface area contributed by atoms with Gasteiger partial charge in [0.05, 0.1) is 17.0 Å². The van der Waals surface area contributed by atoms with Crippen LogP contribution in [0.2, 0.25) is 0 Å². The van der Waals surface area contributed by atoms with Gasteiger partial charge in [0.1, 0.15) is 0 Å². The second-order valence-electron chi connectivity index (χ2n) is 7.57. The third-order valence-electron chi connectivity index (χ3n) is 5.28. The van der Waals surface area contributed by atoms with E-state index in [9.17, 15) is 18.0 Å². The van der Waals surface area contributed by atoms with Gasteiger partial charge in [-0.1, -0.05) is 48.5 Å². The van der Waals surface area contributed by atoms with Gasteiger partial charge < -0.3 is 10.1 Å². The van der Waals surface area contributed by atoms with E-state index in [1.165, 1.54) is 12.1 Å². The molecule has 1 amide bonds. The number of hydrogen-bond donors (Lipinski definition) is 3. The molecule has 2 atom stereocenters. The van der Waals surface area contributed by atoms with Gasteiger partial charge in [-0.05, 0) is 30.3 Å². The van der Waals surface area contributed by atoms with Crippen LogP contribution in [0, 0.1) is 0 Å². The monoisotopic (exact) mass is 465 g/mol. The molecule has 3 N–H and O–H groups in total. The van der Waals surface area contributed by atoms with E-state index >= 15 is 0 Å². The van der Waals surface area contributed by atoms with Gasteiger partial charge in [-0.15, -0.1) is 5.10 Å². The normalized spacial score (nSPS) is 19.7. The molecule has 0 bridgehead atoms. The summed E-state index contributed by atoms with van der Waals surface area (Å²) in [4.78, 5) is 17.6. The van der Waals surface area contributed by atoms with E-state index in [1.807, 2.05) is 48.5 Å². The Hall–Kier alpha value is -4.18. The summed E-state index contributed by atoms with van der Waals surface area (Å²) in [6.45, 7) is 0. The van der Waals surface area contributed by atoms with Crippen LogP contribution in [-0.4, -0.2) is 30.0 Å². The third kappa shape index (κ3) is 4.35. The molecule has 0 saturated heterocycles. The first kappa shape index (κ1) is 21.7. The standard InChI is InChI=1S/C24H18F3N5O2/c25-24(26,27)16-12-10-15(11-13-16)22-31-32-23(34-22)30-20-21(33)28-18-9-5-4-8-17(18)19(29-20)14-6-2-1-3-7-14/h1-13,20,23,30,32H,(H,28,33). The number of hydrazone groups is 1. The summed E-state index contributed by atoms with van der Waals surface area (Å²) in [7, 11) is 0. The van der Waals surface area contributed by atoms with Gasteiger partial charge in [0, 0.05) is 16.7 Å². The Morgan fingerprint density at radius 3 is 2.32 bits per heavy atom. The van der Waals surface area contributed by atoms with E-state index < -0.39 is 30.2 Å². The number of halogens is 3. The van der Waals surface area contributed by atoms with Gasteiger partial charge in [-0.25, -0.2) is 5.32 Å². The highest BCUT2D eigenvalue weighted by Gasteiger charge is 2.32. The Balaban J connectivity index is 1.36. The van der Waals surface area contributed by atoms with Crippen LogP contribution >= 0.6 is 0 Å². The van der Waals surface area contributed by atoms with Crippen molar-refractivity contribution in [2.45, 2.75) is 18.7 Å². The Bertz CT molecular complexity index is 1270. The highest BCUT2D eigenvalue weighted by atomic mass is 19.4. The molecular weight excluding hydrogens is 447 g/mol. The van der Waals surface area contributed by atoms with Crippen LogP contribution in [0.5, 0.6) is 0 Å². The minimum atomic E-state index is -4.43. The van der Waals surface area contributed by atoms with Crippen molar-refractivity contribution < 1.29 is 22.7 Å². The SMILES string of the molecule is O=C1Nc2ccccc2C(c2ccccc2)=NC1NC1NN=C(c2ccc(C(F)(F)F)cc2)O1. The number of benzodiazepines with no additional fused rings is 1. The van der Waals surface area contributed by atoms with E-state index in [2.05, 4.69) is 26.2 Å². The molecule has 0 saturated carbocycles. The number of amides is 1. The van der Waals surface area contributed by atoms with Crippen LogP contribution in [0.1, 0.15) is 22.3 Å². The Morgan fingerprint density at radius 1 is 0.882 bits per heavy atom. The number of hydrogen-bond acceptors (Lipinski definition) is 6. The Morgan fingerprint density at radius 2 is 1.59 bits per heavy atom. The molecule has 0 fully saturated rings. The Labute approximate surface area is 192 Å². The van der Waals surface area contributed by atoms with Crippen molar-refractivity contribution in [3.63, 3.8) is 0 Å². The lowest BCUT2D eigenvalue weighted by Gasteiger charge is -2.18. The van der Waals surface area contributed by atoms with Gasteiger partial charge in [0.2, 0.25) is 12.2 Å². The van der Waals surface area contributed by atoms with Crippen LogP contribution in [-0.2, 0) is 15.7 Å². The van der Waals surface area contributed by atoms with Crippen molar-refractivity contribution in [1.82, 2.24) is 10.7 Å². The fraction of sp³-hybridized carbons (Fsp3) is 0.125. The first-order chi connectivity index (χ1) is 16.4. The maximum Gasteiger partial charge on any atom is 0.416 e. The minimum absolute atomic E-state index is 0.0933. The average Bonchev–Trinajstić information content (AvgIpc) is 3.25. The van der Waals surface area contributed by atoms with Crippen LogP contribution in [0.4, 0.5) is 18.9 Å². The first-order valence-corrected chi connectivity index (χ1v) is 10.4. The molecule has 3 aromatic rings. The van der Waals surface area contributed by atoms with E-state index in [4.69, 9.17) is 4.74 Å². The number of anilines is 1. The molecule has 3 aromatic carbocycles. The summed E-state index contributed by atoms with van der Waals surface area (Å²) in [5.41, 5.74) is 5.14. The lowest BCUT2D eigenvalue weighted by molar-refractivity contribution is -0.137. The number of carbonyl (C=O) groups excluding carboxylic acids is 1. The van der Waals surface area contributed by atoms with Crippen molar-refractivity contribution in [2.24, 2.45) is 10.1 Å². The fourth-order valence-corrected chi connectivity index (χ4v) is 3.63. The van der Waals surface area contributed by atoms with Gasteiger partial charge >= 0.3 is 6.18 Å². The lowest BCUT2D eigenvalue weighted by atomic mass is 10.0. The maximum absolute atomic E-state index is 12.9. The summed E-state index contributed by atoms with van der Waals surface area (Å²) in [5, 5.41) is 9.85. The third-order valence-corrected chi connectivity index (χ3v) is 5.28. The van der Waals surface area contributed by atoms with E-state index in [0.717, 1.165) is 23.3 Å². The second-order valence-corrected chi connectivity index (χ2v) is 7.57. The smallest absolute Gasteiger partial charge is 0.416 e. The van der Waals surface area contributed by atoms with E-state index in [0.29, 0.717) is 17.0 Å². The average molecular weight is 465 g/mol. The predicted octanol–water partition coefficient (Wildman–Crippen LogP) is 3.68. The zero-order valence-corrected chi connectivity index (χ0v) is 17.5. The highest BCUT2D eigenvalue weighted by Crippen LogP contribution is 2.29. The van der Waals surface area contributed by atoms with E-state index in [1.54, 1.807) is 6.07 Å². The molecule has 0 radical (unpaired) electrons. The summed E-state index contributed by atoms with van der Waals surface area (Å²) >= 11 is 0. The molecule has 0 spiro atoms. The molecule has 34 heavy (non-hydrogen) atoms. The first-order valence-electron chi connectivity index (χ1n) is 10.4. The minimum Gasteiger partial charge on any atom is -0.437 e. The van der Waals surface area contributed by atoms with Crippen molar-refractivity contribution >= 4 is 23.2 Å². The maximum atomic E-state index is 12.9. The number of benzene rings is 3. The summed E-state index contributed by atoms with van der Waals surface area (Å²) in [6, 6.07) is 21.3. The van der Waals surface area contributed by atoms with Crippen molar-refractivity contribution in [3.8, 4) is 0 Å². The predicted molar refractivity (Wildman–Crippen MR) is 120 cm³/mol. The van der Waals surface area contributed by atoms with Gasteiger partial charge in [0.15, 0.2) is 6.17 Å². The molecule has 2 heterocycles. The number of rotatable bonds is 4. The van der Waals surface area contributed by atoms with E-state index in [-0.39, 0.29) is 5.90 Å². The van der Waals surface area contributed by atoms with Crippen LogP contribution in [0.25, 0.3) is 0 Å². The van der Waals surface area contributed by atoms with Gasteiger partial charge in [0.25, 0.3) is 5.91 Å². The van der Waals surface area contributed by atoms with Gasteiger partial charge in [-0.2, -0.15) is 13.2 Å². The highest BCUT2D eigenvalue weighted by molar-refractivity contribution is 6.19. The summed E-state index contributed by atoms with van der Waals surface area (Å²) in [6.07, 6.45) is -6.38. The van der Waals surface area contributed by atoms with Crippen molar-refractivity contribution in [1.29, 1.82) is 0 Å². The number of nitrogens with zero attached hydrogens (tertiary/aromatic N) is 2. The lowest BCUT2D eigenvalue weighted by Crippen LogP contribution is -2.49. The number of nitrogens with one attached hydrogen (secondary N) is 3. The van der Waals surface area contributed by atoms with Gasteiger partial charge in [-0.3, -0.25) is 15.2 Å². The molecule has 0 aliphatic carbocycles. The van der Waals surface area contributed by atoms with Crippen molar-refractivity contribution in [2.75, 3.05) is 5.32 Å². The zero-order valence-electron chi connectivity index (χ0n) is 17.5. The molecule has 5 rings (SSSR count). The largest absolute Gasteiger partial charge is 0.437 e. The van der Waals surface area contributed by atoms with Crippen LogP contribution < -0.4 is 16.1 Å². The number of aliphatic imine (C=N–C) groups is 1. The Kier molecular flexibility index (Phi) is 5.50. The molecule has 2 unspecified atom stereocenters. The number of alkyl halides is 3. The molecule has 172 valence electrons. The summed E-state index contributed by atoms with van der Waals surface area (Å²) < 4.78 is 44.1. The van der Waals surface area contributed by atoms with Crippen LogP contribution in [0.3, 0.4) is 0 Å². The molecule has 7 nitrogen and oxygen atoms in total. The second kappa shape index (κ2) is 8.64.